The van der Waals surface area contributed by atoms with E-state index in [1.165, 1.54) is 0 Å². The van der Waals surface area contributed by atoms with Crippen LogP contribution in [-0.2, 0) is 4.57 Å². The van der Waals surface area contributed by atoms with Crippen molar-refractivity contribution in [3.8, 4) is 0 Å². The summed E-state index contributed by atoms with van der Waals surface area (Å²) in [6, 6.07) is 0. The molecule has 0 amide bonds. The Bertz CT molecular complexity index is 133. The molecule has 1 radical (unpaired) electrons. The van der Waals surface area contributed by atoms with E-state index in [-0.39, 0.29) is 6.42 Å². The van der Waals surface area contributed by atoms with Gasteiger partial charge in [-0.05, 0) is 19.4 Å². The molecule has 0 aromatic rings. The zero-order valence-electron chi connectivity index (χ0n) is 5.40. The first-order chi connectivity index (χ1) is 4.48. The summed E-state index contributed by atoms with van der Waals surface area (Å²) in [5.41, 5.74) is 5.04. The first-order valence-corrected chi connectivity index (χ1v) is 4.40. The normalized spacial score (nSPS) is 12.5. The molecule has 0 unspecified atom stereocenters. The maximum Gasteiger partial charge on any atom is 0.360 e. The molecule has 0 rings (SSSR count). The van der Waals surface area contributed by atoms with Crippen molar-refractivity contribution >= 4 is 7.60 Å². The number of hydrogen-bond acceptors (Lipinski definition) is 3. The predicted octanol–water partition coefficient (Wildman–Crippen LogP) is -0.235. The highest BCUT2D eigenvalue weighted by Crippen LogP contribution is 2.47. The van der Waals surface area contributed by atoms with Gasteiger partial charge in [0.15, 0.2) is 0 Å². The average Bonchev–Trinajstić information content (AvgIpc) is 1.80. The first-order valence-electron chi connectivity index (χ1n) is 2.79. The molecule has 6 heteroatoms. The van der Waals surface area contributed by atoms with Crippen LogP contribution in [0.25, 0.3) is 0 Å². The van der Waals surface area contributed by atoms with E-state index in [9.17, 15) is 4.57 Å². The summed E-state index contributed by atoms with van der Waals surface area (Å²) in [5, 5.41) is 8.61. The molecule has 0 aliphatic heterocycles. The van der Waals surface area contributed by atoms with Crippen molar-refractivity contribution in [2.75, 3.05) is 6.54 Å². The van der Waals surface area contributed by atoms with E-state index in [1.54, 1.807) is 0 Å². The molecular formula is C4H11NO4P. The van der Waals surface area contributed by atoms with Crippen molar-refractivity contribution in [3.05, 3.63) is 5.85 Å². The van der Waals surface area contributed by atoms with Gasteiger partial charge in [0, 0.05) is 0 Å². The highest BCUT2D eigenvalue weighted by Gasteiger charge is 2.26. The van der Waals surface area contributed by atoms with E-state index in [0.717, 1.165) is 0 Å². The monoisotopic (exact) mass is 168 g/mol. The molecule has 0 saturated carbocycles. The topological polar surface area (TPSA) is 104 Å². The van der Waals surface area contributed by atoms with Gasteiger partial charge in [-0.1, -0.05) is 0 Å². The van der Waals surface area contributed by atoms with Gasteiger partial charge in [-0.25, -0.2) is 0 Å². The van der Waals surface area contributed by atoms with Gasteiger partial charge in [0.25, 0.3) is 0 Å². The van der Waals surface area contributed by atoms with Crippen molar-refractivity contribution in [3.63, 3.8) is 0 Å². The van der Waals surface area contributed by atoms with Gasteiger partial charge in [-0.3, -0.25) is 4.57 Å². The third-order valence-electron chi connectivity index (χ3n) is 0.941. The molecule has 5 N–H and O–H groups in total. The molecule has 0 heterocycles. The second kappa shape index (κ2) is 4.05. The van der Waals surface area contributed by atoms with E-state index in [4.69, 9.17) is 20.6 Å². The molecule has 0 spiro atoms. The lowest BCUT2D eigenvalue weighted by Gasteiger charge is -2.08. The summed E-state index contributed by atoms with van der Waals surface area (Å²) < 4.78 is 10.2. The van der Waals surface area contributed by atoms with Gasteiger partial charge in [0.05, 0.1) is 0 Å². The van der Waals surface area contributed by atoms with E-state index in [1.807, 2.05) is 0 Å². The quantitative estimate of drug-likeness (QED) is 0.434. The summed E-state index contributed by atoms with van der Waals surface area (Å²) in [4.78, 5) is 16.6. The molecule has 0 aliphatic carbocycles. The zero-order valence-corrected chi connectivity index (χ0v) is 6.29. The Kier molecular flexibility index (Phi) is 4.08. The summed E-state index contributed by atoms with van der Waals surface area (Å²) in [6.45, 7) is 0.310. The van der Waals surface area contributed by atoms with E-state index < -0.39 is 13.4 Å². The lowest BCUT2D eigenvalue weighted by atomic mass is 10.3. The van der Waals surface area contributed by atoms with Crippen LogP contribution in [0.15, 0.2) is 0 Å². The summed E-state index contributed by atoms with van der Waals surface area (Å²) in [5.74, 6) is -0.780. The SMILES string of the molecule is NCCC[C](O)P(=O)(O)O. The molecule has 0 aromatic heterocycles. The lowest BCUT2D eigenvalue weighted by molar-refractivity contribution is 0.273. The number of aliphatic hydroxyl groups excluding tert-OH is 1. The van der Waals surface area contributed by atoms with Gasteiger partial charge in [-0.2, -0.15) is 0 Å². The van der Waals surface area contributed by atoms with Gasteiger partial charge < -0.3 is 20.6 Å². The Hall–Kier alpha value is 0.0700. The molecule has 0 bridgehead atoms. The number of aliphatic hydroxyl groups is 1. The van der Waals surface area contributed by atoms with Crippen molar-refractivity contribution in [1.29, 1.82) is 0 Å². The molecule has 0 fully saturated rings. The van der Waals surface area contributed by atoms with Crippen LogP contribution in [0.3, 0.4) is 0 Å². The highest BCUT2D eigenvalue weighted by molar-refractivity contribution is 7.54. The minimum atomic E-state index is -4.37. The summed E-state index contributed by atoms with van der Waals surface area (Å²) in [7, 11) is -4.37. The Morgan fingerprint density at radius 3 is 2.30 bits per heavy atom. The molecule has 5 nitrogen and oxygen atoms in total. The molecule has 0 atom stereocenters. The molecule has 61 valence electrons. The Morgan fingerprint density at radius 1 is 1.50 bits per heavy atom. The number of nitrogens with two attached hydrogens (primary N) is 1. The van der Waals surface area contributed by atoms with Crippen molar-refractivity contribution < 1.29 is 19.5 Å². The Balaban J connectivity index is 3.63. The smallest absolute Gasteiger partial charge is 0.360 e. The summed E-state index contributed by atoms with van der Waals surface area (Å²) >= 11 is 0. The van der Waals surface area contributed by atoms with Crippen LogP contribution in [0.4, 0.5) is 0 Å². The minimum Gasteiger partial charge on any atom is -0.375 e. The number of rotatable bonds is 4. The fourth-order valence-electron chi connectivity index (χ4n) is 0.406. The van der Waals surface area contributed by atoms with Gasteiger partial charge >= 0.3 is 7.60 Å². The average molecular weight is 168 g/mol. The van der Waals surface area contributed by atoms with Gasteiger partial charge in [0.2, 0.25) is 5.85 Å². The molecule has 0 aliphatic rings. The molecule has 0 aromatic carbocycles. The van der Waals surface area contributed by atoms with Crippen LogP contribution >= 0.6 is 7.60 Å². The van der Waals surface area contributed by atoms with E-state index in [2.05, 4.69) is 0 Å². The van der Waals surface area contributed by atoms with Crippen molar-refractivity contribution in [2.45, 2.75) is 12.8 Å². The zero-order chi connectivity index (χ0) is 8.20. The second-order valence-corrected chi connectivity index (χ2v) is 3.46. The van der Waals surface area contributed by atoms with Crippen LogP contribution < -0.4 is 5.73 Å². The lowest BCUT2D eigenvalue weighted by Crippen LogP contribution is -2.03. The predicted molar refractivity (Wildman–Crippen MR) is 35.5 cm³/mol. The molecule has 10 heavy (non-hydrogen) atoms. The standard InChI is InChI=1S/C4H11NO4P/c5-3-1-2-4(6)10(7,8)9/h6H,1-3,5H2,(H2,7,8,9). The van der Waals surface area contributed by atoms with Crippen LogP contribution in [0.1, 0.15) is 12.8 Å². The van der Waals surface area contributed by atoms with Crippen LogP contribution in [0, 0.1) is 5.85 Å². The van der Waals surface area contributed by atoms with Crippen molar-refractivity contribution in [2.24, 2.45) is 5.73 Å². The van der Waals surface area contributed by atoms with Crippen LogP contribution in [0.5, 0.6) is 0 Å². The van der Waals surface area contributed by atoms with Crippen LogP contribution in [0.2, 0.25) is 0 Å². The van der Waals surface area contributed by atoms with E-state index >= 15 is 0 Å². The fraction of sp³-hybridized carbons (Fsp3) is 0.750. The summed E-state index contributed by atoms with van der Waals surface area (Å²) in [6.07, 6.45) is 0.359. The van der Waals surface area contributed by atoms with Crippen LogP contribution in [-0.4, -0.2) is 21.4 Å². The number of hydrogen-bond donors (Lipinski definition) is 4. The van der Waals surface area contributed by atoms with Crippen molar-refractivity contribution in [1.82, 2.24) is 0 Å². The fourth-order valence-corrected chi connectivity index (χ4v) is 0.855. The highest BCUT2D eigenvalue weighted by atomic mass is 31.2. The largest absolute Gasteiger partial charge is 0.375 e. The first kappa shape index (κ1) is 10.1. The third kappa shape index (κ3) is 3.98. The maximum absolute atomic E-state index is 10.2. The Morgan fingerprint density at radius 2 is 2.00 bits per heavy atom. The van der Waals surface area contributed by atoms with E-state index in [0.29, 0.717) is 13.0 Å². The van der Waals surface area contributed by atoms with Gasteiger partial charge in [0.1, 0.15) is 0 Å². The third-order valence-corrected chi connectivity index (χ3v) is 1.84. The second-order valence-electron chi connectivity index (χ2n) is 1.85. The molecule has 0 saturated heterocycles. The maximum atomic E-state index is 10.2. The van der Waals surface area contributed by atoms with Gasteiger partial charge in [-0.15, -0.1) is 0 Å². The minimum absolute atomic E-state index is 0.0270. The Labute approximate surface area is 59.0 Å². The molecular weight excluding hydrogens is 157 g/mol.